The molecule has 1 aliphatic rings. The van der Waals surface area contributed by atoms with E-state index in [2.05, 4.69) is 10.1 Å². The van der Waals surface area contributed by atoms with Crippen LogP contribution in [0.15, 0.2) is 17.3 Å². The van der Waals surface area contributed by atoms with E-state index in [9.17, 15) is 14.4 Å². The third-order valence-corrected chi connectivity index (χ3v) is 5.15. The third-order valence-electron chi connectivity index (χ3n) is 5.15. The van der Waals surface area contributed by atoms with E-state index in [1.54, 1.807) is 16.5 Å². The van der Waals surface area contributed by atoms with Gasteiger partial charge in [-0.1, -0.05) is 0 Å². The van der Waals surface area contributed by atoms with Gasteiger partial charge in [0.1, 0.15) is 5.39 Å². The van der Waals surface area contributed by atoms with Crippen LogP contribution >= 0.6 is 0 Å². The lowest BCUT2D eigenvalue weighted by molar-refractivity contribution is -0.151. The van der Waals surface area contributed by atoms with Crippen LogP contribution in [0.25, 0.3) is 11.0 Å². The average Bonchev–Trinajstić information content (AvgIpc) is 3.13. The molecule has 0 N–H and O–H groups in total. The van der Waals surface area contributed by atoms with E-state index in [-0.39, 0.29) is 41.9 Å². The van der Waals surface area contributed by atoms with E-state index >= 15 is 0 Å². The Bertz CT molecular complexity index is 956. The van der Waals surface area contributed by atoms with Crippen LogP contribution in [0.5, 0.6) is 0 Å². The molecule has 9 heteroatoms. The predicted molar refractivity (Wildman–Crippen MR) is 107 cm³/mol. The van der Waals surface area contributed by atoms with Crippen molar-refractivity contribution in [3.05, 3.63) is 22.9 Å². The number of esters is 1. The fourth-order valence-corrected chi connectivity index (χ4v) is 3.63. The van der Waals surface area contributed by atoms with Gasteiger partial charge in [-0.3, -0.25) is 19.0 Å². The van der Waals surface area contributed by atoms with E-state index in [1.807, 2.05) is 20.8 Å². The zero-order chi connectivity index (χ0) is 21.2. The van der Waals surface area contributed by atoms with Gasteiger partial charge in [0.05, 0.1) is 30.6 Å². The molecule has 1 amide bonds. The number of hydrogen-bond acceptors (Lipinski definition) is 6. The molecule has 158 valence electrons. The number of piperidine rings is 1. The summed E-state index contributed by atoms with van der Waals surface area (Å²) in [5.74, 6) is -0.584. The Morgan fingerprint density at radius 3 is 2.76 bits per heavy atom. The van der Waals surface area contributed by atoms with Gasteiger partial charge in [0.25, 0.3) is 5.56 Å². The van der Waals surface area contributed by atoms with Gasteiger partial charge in [-0.2, -0.15) is 5.10 Å². The highest BCUT2D eigenvalue weighted by Gasteiger charge is 2.29. The molecule has 0 spiro atoms. The van der Waals surface area contributed by atoms with E-state index in [4.69, 9.17) is 4.74 Å². The van der Waals surface area contributed by atoms with Crippen molar-refractivity contribution >= 4 is 22.9 Å². The summed E-state index contributed by atoms with van der Waals surface area (Å²) in [5, 5.41) is 4.74. The summed E-state index contributed by atoms with van der Waals surface area (Å²) >= 11 is 0. The van der Waals surface area contributed by atoms with Crippen LogP contribution < -0.4 is 5.56 Å². The van der Waals surface area contributed by atoms with Gasteiger partial charge in [0, 0.05) is 26.1 Å². The fourth-order valence-electron chi connectivity index (χ4n) is 3.63. The van der Waals surface area contributed by atoms with Crippen LogP contribution in [0.1, 0.15) is 47.0 Å². The number of carbonyl (C=O) groups excluding carboxylic acids is 2. The third kappa shape index (κ3) is 4.49. The zero-order valence-electron chi connectivity index (χ0n) is 17.6. The highest BCUT2D eigenvalue weighted by atomic mass is 16.5. The first kappa shape index (κ1) is 21.0. The van der Waals surface area contributed by atoms with Crippen molar-refractivity contribution in [3.8, 4) is 0 Å². The molecule has 0 radical (unpaired) electrons. The molecule has 3 heterocycles. The molecule has 9 nitrogen and oxygen atoms in total. The Balaban J connectivity index is 1.67. The van der Waals surface area contributed by atoms with Crippen molar-refractivity contribution in [2.45, 2.75) is 59.0 Å². The van der Waals surface area contributed by atoms with Crippen molar-refractivity contribution in [2.24, 2.45) is 5.92 Å². The van der Waals surface area contributed by atoms with Crippen molar-refractivity contribution < 1.29 is 14.3 Å². The number of aryl methyl sites for hydroxylation is 1. The predicted octanol–water partition coefficient (Wildman–Crippen LogP) is 1.54. The lowest BCUT2D eigenvalue weighted by atomic mass is 9.98. The molecule has 1 saturated heterocycles. The molecule has 2 aromatic rings. The molecule has 1 unspecified atom stereocenters. The normalized spacial score (nSPS) is 17.5. The lowest BCUT2D eigenvalue weighted by Crippen LogP contribution is -2.43. The van der Waals surface area contributed by atoms with Crippen molar-refractivity contribution in [1.82, 2.24) is 24.2 Å². The van der Waals surface area contributed by atoms with E-state index in [0.717, 1.165) is 12.8 Å². The first-order chi connectivity index (χ1) is 13.7. The molecular weight excluding hydrogens is 374 g/mol. The fraction of sp³-hybridized carbons (Fsp3) is 0.650. The Morgan fingerprint density at radius 1 is 1.31 bits per heavy atom. The average molecular weight is 403 g/mol. The zero-order valence-corrected chi connectivity index (χ0v) is 17.6. The molecule has 0 aliphatic carbocycles. The van der Waals surface area contributed by atoms with Gasteiger partial charge in [0.15, 0.2) is 5.65 Å². The summed E-state index contributed by atoms with van der Waals surface area (Å²) in [6, 6.07) is 0. The Hall–Kier alpha value is -2.71. The standard InChI is InChI=1S/C20H29N5O4/c1-5-29-19(28)14-7-6-9-23(12-14)16(26)8-10-24-13-21-17-15(18(24)27)11-22-25(17)20(2,3)4/h11,13-14H,5-10,12H2,1-4H3. The molecule has 0 aromatic carbocycles. The van der Waals surface area contributed by atoms with Crippen LogP contribution in [-0.2, 0) is 26.4 Å². The van der Waals surface area contributed by atoms with E-state index in [1.165, 1.54) is 17.1 Å². The number of likely N-dealkylation sites (tertiary alicyclic amines) is 1. The van der Waals surface area contributed by atoms with Crippen molar-refractivity contribution in [3.63, 3.8) is 0 Å². The van der Waals surface area contributed by atoms with Crippen LogP contribution in [0.2, 0.25) is 0 Å². The maximum absolute atomic E-state index is 12.8. The lowest BCUT2D eigenvalue weighted by Gasteiger charge is -2.31. The van der Waals surface area contributed by atoms with Gasteiger partial charge < -0.3 is 9.64 Å². The second kappa shape index (κ2) is 8.34. The highest BCUT2D eigenvalue weighted by Crippen LogP contribution is 2.19. The van der Waals surface area contributed by atoms with Crippen LogP contribution in [0.3, 0.4) is 0 Å². The Kier molecular flexibility index (Phi) is 6.04. The monoisotopic (exact) mass is 403 g/mol. The number of nitrogens with zero attached hydrogens (tertiary/aromatic N) is 5. The van der Waals surface area contributed by atoms with E-state index in [0.29, 0.717) is 30.7 Å². The molecule has 0 saturated carbocycles. The Morgan fingerprint density at radius 2 is 2.07 bits per heavy atom. The summed E-state index contributed by atoms with van der Waals surface area (Å²) in [6.45, 7) is 9.34. The first-order valence-electron chi connectivity index (χ1n) is 10.1. The molecule has 1 atom stereocenters. The Labute approximate surface area is 169 Å². The second-order valence-corrected chi connectivity index (χ2v) is 8.39. The second-order valence-electron chi connectivity index (χ2n) is 8.39. The SMILES string of the molecule is CCOC(=O)C1CCCN(C(=O)CCn2cnc3c(cnn3C(C)(C)C)c2=O)C1. The minimum Gasteiger partial charge on any atom is -0.466 e. The first-order valence-corrected chi connectivity index (χ1v) is 10.1. The molecular formula is C20H29N5O4. The van der Waals surface area contributed by atoms with Crippen molar-refractivity contribution in [2.75, 3.05) is 19.7 Å². The van der Waals surface area contributed by atoms with Gasteiger partial charge in [-0.05, 0) is 40.5 Å². The smallest absolute Gasteiger partial charge is 0.310 e. The minimum atomic E-state index is -0.285. The van der Waals surface area contributed by atoms with Gasteiger partial charge in [-0.25, -0.2) is 9.67 Å². The van der Waals surface area contributed by atoms with E-state index < -0.39 is 0 Å². The largest absolute Gasteiger partial charge is 0.466 e. The number of rotatable bonds is 5. The summed E-state index contributed by atoms with van der Waals surface area (Å²) in [5.41, 5.74) is 0.0484. The summed E-state index contributed by atoms with van der Waals surface area (Å²) in [4.78, 5) is 43.4. The summed E-state index contributed by atoms with van der Waals surface area (Å²) in [6.07, 6.45) is 4.69. The highest BCUT2D eigenvalue weighted by molar-refractivity contribution is 5.78. The quantitative estimate of drug-likeness (QED) is 0.702. The molecule has 3 rings (SSSR count). The number of ether oxygens (including phenoxy) is 1. The molecule has 0 bridgehead atoms. The van der Waals surface area contributed by atoms with Crippen LogP contribution in [0, 0.1) is 5.92 Å². The molecule has 2 aromatic heterocycles. The summed E-state index contributed by atoms with van der Waals surface area (Å²) in [7, 11) is 0. The number of fused-ring (bicyclic) bond motifs is 1. The molecule has 29 heavy (non-hydrogen) atoms. The number of hydrogen-bond donors (Lipinski definition) is 0. The van der Waals surface area contributed by atoms with Gasteiger partial charge in [0.2, 0.25) is 5.91 Å². The maximum Gasteiger partial charge on any atom is 0.310 e. The number of carbonyl (C=O) groups is 2. The van der Waals surface area contributed by atoms with Crippen LogP contribution in [-0.4, -0.2) is 55.8 Å². The number of amides is 1. The molecule has 1 aliphatic heterocycles. The van der Waals surface area contributed by atoms with Crippen molar-refractivity contribution in [1.29, 1.82) is 0 Å². The topological polar surface area (TPSA) is 99.3 Å². The van der Waals surface area contributed by atoms with Crippen LogP contribution in [0.4, 0.5) is 0 Å². The molecule has 1 fully saturated rings. The minimum absolute atomic E-state index is 0.0728. The number of aromatic nitrogens is 4. The van der Waals surface area contributed by atoms with Gasteiger partial charge in [-0.15, -0.1) is 0 Å². The summed E-state index contributed by atoms with van der Waals surface area (Å²) < 4.78 is 8.25. The maximum atomic E-state index is 12.8. The van der Waals surface area contributed by atoms with Gasteiger partial charge >= 0.3 is 5.97 Å².